The number of amides is 2. The number of carbonyl (C=O) groups excluding carboxylic acids is 2. The van der Waals surface area contributed by atoms with E-state index in [4.69, 9.17) is 0 Å². The molecule has 4 aromatic rings. The van der Waals surface area contributed by atoms with Crippen molar-refractivity contribution in [1.82, 2.24) is 10.2 Å². The quantitative estimate of drug-likeness (QED) is 0.535. The molecule has 3 aromatic carbocycles. The molecule has 1 fully saturated rings. The van der Waals surface area contributed by atoms with Crippen LogP contribution in [0.1, 0.15) is 23.1 Å². The number of benzene rings is 3. The maximum atomic E-state index is 12.5. The molecule has 1 saturated heterocycles. The number of thiophene rings is 1. The van der Waals surface area contributed by atoms with Gasteiger partial charge in [0.05, 0.1) is 6.54 Å². The van der Waals surface area contributed by atoms with Gasteiger partial charge in [0, 0.05) is 24.2 Å². The number of fused-ring (bicyclic) bond motifs is 2. The highest BCUT2D eigenvalue weighted by atomic mass is 32.1. The van der Waals surface area contributed by atoms with Gasteiger partial charge >= 0.3 is 0 Å². The van der Waals surface area contributed by atoms with Crippen molar-refractivity contribution in [3.8, 4) is 0 Å². The molecule has 0 atom stereocenters. The Bertz CT molecular complexity index is 1260. The van der Waals surface area contributed by atoms with Crippen molar-refractivity contribution in [2.24, 2.45) is 0 Å². The largest absolute Gasteiger partial charge is 0.347 e. The van der Waals surface area contributed by atoms with Crippen molar-refractivity contribution >= 4 is 44.0 Å². The van der Waals surface area contributed by atoms with E-state index in [2.05, 4.69) is 65.3 Å². The molecule has 30 heavy (non-hydrogen) atoms. The number of hydrogen-bond donors (Lipinski definition) is 1. The van der Waals surface area contributed by atoms with Crippen molar-refractivity contribution in [2.45, 2.75) is 19.4 Å². The molecular formula is C25H22N2O2S. The average Bonchev–Trinajstić information content (AvgIpc) is 3.10. The number of nitrogens with zero attached hydrogens (tertiary/aromatic N) is 1. The summed E-state index contributed by atoms with van der Waals surface area (Å²) in [5, 5.41) is 8.57. The second kappa shape index (κ2) is 7.92. The summed E-state index contributed by atoms with van der Waals surface area (Å²) in [6.07, 6.45) is 1.21. The Morgan fingerprint density at radius 2 is 1.73 bits per heavy atom. The smallest absolute Gasteiger partial charge is 0.242 e. The van der Waals surface area contributed by atoms with Crippen LogP contribution >= 0.6 is 11.3 Å². The van der Waals surface area contributed by atoms with Crippen LogP contribution in [0, 0.1) is 0 Å². The second-order valence-corrected chi connectivity index (χ2v) is 8.66. The Balaban J connectivity index is 1.51. The van der Waals surface area contributed by atoms with E-state index >= 15 is 0 Å². The van der Waals surface area contributed by atoms with Gasteiger partial charge in [-0.2, -0.15) is 0 Å². The molecule has 2 amide bonds. The molecule has 2 heterocycles. The lowest BCUT2D eigenvalue weighted by Gasteiger charge is -2.21. The lowest BCUT2D eigenvalue weighted by atomic mass is 9.96. The zero-order valence-electron chi connectivity index (χ0n) is 16.6. The molecule has 1 aliphatic rings. The second-order valence-electron chi connectivity index (χ2n) is 7.75. The Labute approximate surface area is 179 Å². The van der Waals surface area contributed by atoms with E-state index in [0.717, 1.165) is 17.4 Å². The molecular weight excluding hydrogens is 392 g/mol. The minimum absolute atomic E-state index is 0.0286. The molecule has 150 valence electrons. The minimum Gasteiger partial charge on any atom is -0.347 e. The van der Waals surface area contributed by atoms with Crippen molar-refractivity contribution in [1.29, 1.82) is 0 Å². The van der Waals surface area contributed by atoms with E-state index in [1.807, 2.05) is 6.07 Å². The Morgan fingerprint density at radius 3 is 2.63 bits per heavy atom. The number of hydrogen-bond acceptors (Lipinski definition) is 3. The van der Waals surface area contributed by atoms with Gasteiger partial charge in [-0.25, -0.2) is 0 Å². The van der Waals surface area contributed by atoms with Gasteiger partial charge in [0.2, 0.25) is 11.8 Å². The van der Waals surface area contributed by atoms with Crippen LogP contribution in [0.25, 0.3) is 20.9 Å². The molecule has 0 radical (unpaired) electrons. The molecule has 1 N–H and O–H groups in total. The molecule has 1 aromatic heterocycles. The van der Waals surface area contributed by atoms with Gasteiger partial charge in [-0.05, 0) is 50.7 Å². The van der Waals surface area contributed by atoms with Crippen molar-refractivity contribution in [2.75, 3.05) is 13.1 Å². The lowest BCUT2D eigenvalue weighted by Crippen LogP contribution is -2.34. The monoisotopic (exact) mass is 414 g/mol. The Kier molecular flexibility index (Phi) is 4.97. The van der Waals surface area contributed by atoms with Crippen LogP contribution in [0.2, 0.25) is 0 Å². The Morgan fingerprint density at radius 1 is 0.933 bits per heavy atom. The van der Waals surface area contributed by atoms with Crippen LogP contribution in [-0.4, -0.2) is 29.8 Å². The minimum atomic E-state index is -0.0613. The lowest BCUT2D eigenvalue weighted by molar-refractivity contribution is -0.130. The standard InChI is InChI=1S/C25H22N2O2S/c28-24-9-10-27(25(29)14-26-24)15-19-12-17(11-18-5-1-2-6-21(18)19)13-20-16-30-23-8-4-3-7-22(20)23/h1-8,11-12,16H,9-10,13-15H2,(H,26,28). The van der Waals surface area contributed by atoms with Gasteiger partial charge in [-0.3, -0.25) is 9.59 Å². The molecule has 5 heteroatoms. The molecule has 0 saturated carbocycles. The summed E-state index contributed by atoms with van der Waals surface area (Å²) in [4.78, 5) is 26.0. The third-order valence-corrected chi connectivity index (χ3v) is 6.73. The number of rotatable bonds is 4. The summed E-state index contributed by atoms with van der Waals surface area (Å²) in [7, 11) is 0. The van der Waals surface area contributed by atoms with Crippen molar-refractivity contribution in [3.63, 3.8) is 0 Å². The molecule has 0 aliphatic carbocycles. The summed E-state index contributed by atoms with van der Waals surface area (Å²) in [6, 6.07) is 21.3. The fraction of sp³-hybridized carbons (Fsp3) is 0.200. The van der Waals surface area contributed by atoms with Crippen LogP contribution in [0.15, 0.2) is 66.0 Å². The highest BCUT2D eigenvalue weighted by Crippen LogP contribution is 2.30. The topological polar surface area (TPSA) is 49.4 Å². The third kappa shape index (κ3) is 3.68. The van der Waals surface area contributed by atoms with E-state index in [9.17, 15) is 9.59 Å². The van der Waals surface area contributed by atoms with E-state index < -0.39 is 0 Å². The first-order valence-electron chi connectivity index (χ1n) is 10.2. The Hall–Kier alpha value is -3.18. The van der Waals surface area contributed by atoms with Crippen LogP contribution in [0.4, 0.5) is 0 Å². The fourth-order valence-electron chi connectivity index (χ4n) is 4.19. The molecule has 1 aliphatic heterocycles. The van der Waals surface area contributed by atoms with E-state index in [1.165, 1.54) is 26.6 Å². The highest BCUT2D eigenvalue weighted by Gasteiger charge is 2.21. The maximum absolute atomic E-state index is 12.5. The molecule has 0 unspecified atom stereocenters. The maximum Gasteiger partial charge on any atom is 0.242 e. The van der Waals surface area contributed by atoms with Gasteiger partial charge in [0.15, 0.2) is 0 Å². The van der Waals surface area contributed by atoms with Gasteiger partial charge < -0.3 is 10.2 Å². The van der Waals surface area contributed by atoms with Crippen LogP contribution < -0.4 is 5.32 Å². The van der Waals surface area contributed by atoms with Crippen LogP contribution in [0.5, 0.6) is 0 Å². The first kappa shape index (κ1) is 18.8. The highest BCUT2D eigenvalue weighted by molar-refractivity contribution is 7.17. The molecule has 5 rings (SSSR count). The summed E-state index contributed by atoms with van der Waals surface area (Å²) in [6.45, 7) is 1.06. The van der Waals surface area contributed by atoms with Gasteiger partial charge in [-0.15, -0.1) is 11.3 Å². The zero-order valence-corrected chi connectivity index (χ0v) is 17.4. The van der Waals surface area contributed by atoms with Crippen molar-refractivity contribution < 1.29 is 9.59 Å². The predicted octanol–water partition coefficient (Wildman–Crippen LogP) is 4.49. The van der Waals surface area contributed by atoms with E-state index in [-0.39, 0.29) is 18.4 Å². The van der Waals surface area contributed by atoms with Gasteiger partial charge in [0.1, 0.15) is 0 Å². The summed E-state index contributed by atoms with van der Waals surface area (Å²) in [5.41, 5.74) is 3.70. The van der Waals surface area contributed by atoms with Crippen LogP contribution in [0.3, 0.4) is 0 Å². The van der Waals surface area contributed by atoms with Gasteiger partial charge in [0.25, 0.3) is 0 Å². The number of carbonyl (C=O) groups is 2. The summed E-state index contributed by atoms with van der Waals surface area (Å²) >= 11 is 1.78. The van der Waals surface area contributed by atoms with E-state index in [1.54, 1.807) is 16.2 Å². The fourth-order valence-corrected chi connectivity index (χ4v) is 5.15. The zero-order chi connectivity index (χ0) is 20.5. The third-order valence-electron chi connectivity index (χ3n) is 5.72. The molecule has 4 nitrogen and oxygen atoms in total. The average molecular weight is 415 g/mol. The first-order chi connectivity index (χ1) is 14.7. The first-order valence-corrected chi connectivity index (χ1v) is 11.1. The number of nitrogens with one attached hydrogen (secondary N) is 1. The van der Waals surface area contributed by atoms with Crippen LogP contribution in [-0.2, 0) is 22.6 Å². The predicted molar refractivity (Wildman–Crippen MR) is 122 cm³/mol. The summed E-state index contributed by atoms with van der Waals surface area (Å²) in [5.74, 6) is -0.0899. The van der Waals surface area contributed by atoms with E-state index in [0.29, 0.717) is 19.5 Å². The van der Waals surface area contributed by atoms with Gasteiger partial charge in [-0.1, -0.05) is 54.6 Å². The van der Waals surface area contributed by atoms with Crippen molar-refractivity contribution in [3.05, 3.63) is 82.7 Å². The molecule has 0 bridgehead atoms. The summed E-state index contributed by atoms with van der Waals surface area (Å²) < 4.78 is 1.31. The molecule has 0 spiro atoms. The SMILES string of the molecule is O=C1CCN(Cc2cc(Cc3csc4ccccc34)cc3ccccc23)C(=O)CN1. The normalized spacial score (nSPS) is 14.9.